The molecule has 19 heavy (non-hydrogen) atoms. The normalized spacial score (nSPS) is 13.3. The Bertz CT molecular complexity index is 600. The molecule has 0 unspecified atom stereocenters. The van der Waals surface area contributed by atoms with Crippen molar-refractivity contribution in [2.24, 2.45) is 0 Å². The Morgan fingerprint density at radius 1 is 1.37 bits per heavy atom. The van der Waals surface area contributed by atoms with Crippen LogP contribution < -0.4 is 5.32 Å². The van der Waals surface area contributed by atoms with Crippen LogP contribution in [-0.4, -0.2) is 16.0 Å². The molecule has 0 fully saturated rings. The number of anilines is 1. The highest BCUT2D eigenvalue weighted by Gasteiger charge is 2.18. The van der Waals surface area contributed by atoms with E-state index in [1.165, 1.54) is 11.3 Å². The minimum Gasteiger partial charge on any atom is -0.508 e. The average molecular weight is 274 g/mol. The number of fused-ring (bicyclic) bond motifs is 1. The molecule has 0 spiro atoms. The molecule has 1 aromatic carbocycles. The molecule has 0 aliphatic heterocycles. The zero-order valence-electron chi connectivity index (χ0n) is 10.3. The van der Waals surface area contributed by atoms with E-state index >= 15 is 0 Å². The number of phenols is 1. The van der Waals surface area contributed by atoms with Crippen molar-refractivity contribution in [1.29, 1.82) is 0 Å². The summed E-state index contributed by atoms with van der Waals surface area (Å²) in [5, 5.41) is 13.1. The second kappa shape index (κ2) is 5.01. The molecule has 1 heterocycles. The molecule has 2 N–H and O–H groups in total. The van der Waals surface area contributed by atoms with Crippen LogP contribution in [0.25, 0.3) is 0 Å². The van der Waals surface area contributed by atoms with Crippen molar-refractivity contribution >= 4 is 22.4 Å². The Labute approximate surface area is 115 Å². The molecule has 0 saturated heterocycles. The van der Waals surface area contributed by atoms with Crippen LogP contribution in [0.15, 0.2) is 24.3 Å². The average Bonchev–Trinajstić information content (AvgIpc) is 2.92. The number of aryl methyl sites for hydroxylation is 2. The highest BCUT2D eigenvalue weighted by molar-refractivity contribution is 7.15. The number of nitrogens with zero attached hydrogens (tertiary/aromatic N) is 1. The summed E-state index contributed by atoms with van der Waals surface area (Å²) in [6.45, 7) is 0. The molecule has 0 saturated carbocycles. The monoisotopic (exact) mass is 274 g/mol. The molecule has 0 radical (unpaired) electrons. The van der Waals surface area contributed by atoms with Gasteiger partial charge in [0.15, 0.2) is 5.13 Å². The van der Waals surface area contributed by atoms with Gasteiger partial charge in [-0.3, -0.25) is 4.79 Å². The molecule has 0 bridgehead atoms. The maximum Gasteiger partial charge on any atom is 0.230 e. The second-order valence-electron chi connectivity index (χ2n) is 4.60. The van der Waals surface area contributed by atoms with Gasteiger partial charge in [-0.15, -0.1) is 11.3 Å². The van der Waals surface area contributed by atoms with Gasteiger partial charge in [0.05, 0.1) is 12.1 Å². The number of para-hydroxylation sites is 1. The van der Waals surface area contributed by atoms with E-state index in [2.05, 4.69) is 10.3 Å². The summed E-state index contributed by atoms with van der Waals surface area (Å²) in [6, 6.07) is 6.87. The summed E-state index contributed by atoms with van der Waals surface area (Å²) in [4.78, 5) is 17.6. The number of carbonyl (C=O) groups excluding carboxylic acids is 1. The number of phenolic OH excluding ortho intramolecular Hbond substituents is 1. The number of carbonyl (C=O) groups is 1. The highest BCUT2D eigenvalue weighted by Crippen LogP contribution is 2.30. The van der Waals surface area contributed by atoms with Gasteiger partial charge >= 0.3 is 0 Å². The number of thiazole rings is 1. The van der Waals surface area contributed by atoms with Crippen LogP contribution in [-0.2, 0) is 24.1 Å². The third kappa shape index (κ3) is 2.61. The molecule has 3 rings (SSSR count). The van der Waals surface area contributed by atoms with Crippen molar-refractivity contribution in [2.45, 2.75) is 25.7 Å². The van der Waals surface area contributed by atoms with Crippen LogP contribution >= 0.6 is 11.3 Å². The fourth-order valence-electron chi connectivity index (χ4n) is 2.24. The Morgan fingerprint density at radius 3 is 3.00 bits per heavy atom. The van der Waals surface area contributed by atoms with Crippen molar-refractivity contribution in [1.82, 2.24) is 4.98 Å². The number of benzene rings is 1. The van der Waals surface area contributed by atoms with Crippen LogP contribution in [0, 0.1) is 0 Å². The van der Waals surface area contributed by atoms with E-state index in [1.54, 1.807) is 35.6 Å². The smallest absolute Gasteiger partial charge is 0.230 e. The topological polar surface area (TPSA) is 62.2 Å². The van der Waals surface area contributed by atoms with Gasteiger partial charge in [0.1, 0.15) is 5.75 Å². The molecular formula is C14H14N2O2S. The van der Waals surface area contributed by atoms with Gasteiger partial charge in [0.2, 0.25) is 5.91 Å². The molecule has 1 aromatic heterocycles. The van der Waals surface area contributed by atoms with Crippen molar-refractivity contribution in [3.05, 3.63) is 40.4 Å². The van der Waals surface area contributed by atoms with E-state index in [1.807, 2.05) is 0 Å². The molecule has 5 heteroatoms. The summed E-state index contributed by atoms with van der Waals surface area (Å²) >= 11 is 1.56. The van der Waals surface area contributed by atoms with Crippen molar-refractivity contribution in [2.75, 3.05) is 5.32 Å². The van der Waals surface area contributed by atoms with Crippen LogP contribution in [0.2, 0.25) is 0 Å². The van der Waals surface area contributed by atoms with Crippen LogP contribution in [0.1, 0.15) is 22.6 Å². The first-order chi connectivity index (χ1) is 9.22. The van der Waals surface area contributed by atoms with Crippen molar-refractivity contribution in [3.63, 3.8) is 0 Å². The maximum absolute atomic E-state index is 11.9. The van der Waals surface area contributed by atoms with Crippen LogP contribution in [0.3, 0.4) is 0 Å². The number of amides is 1. The summed E-state index contributed by atoms with van der Waals surface area (Å²) in [6.07, 6.45) is 3.42. The molecule has 2 aromatic rings. The number of rotatable bonds is 3. The number of nitrogens with one attached hydrogen (secondary N) is 1. The number of hydrogen-bond acceptors (Lipinski definition) is 4. The molecule has 0 atom stereocenters. The van der Waals surface area contributed by atoms with E-state index in [-0.39, 0.29) is 18.1 Å². The number of aromatic hydroxyl groups is 1. The first-order valence-electron chi connectivity index (χ1n) is 6.27. The lowest BCUT2D eigenvalue weighted by molar-refractivity contribution is -0.115. The fraction of sp³-hybridized carbons (Fsp3) is 0.286. The summed E-state index contributed by atoms with van der Waals surface area (Å²) < 4.78 is 0. The first kappa shape index (κ1) is 12.2. The van der Waals surface area contributed by atoms with E-state index in [4.69, 9.17) is 0 Å². The Hall–Kier alpha value is -1.88. The molecule has 1 aliphatic rings. The van der Waals surface area contributed by atoms with E-state index < -0.39 is 0 Å². The largest absolute Gasteiger partial charge is 0.508 e. The van der Waals surface area contributed by atoms with Gasteiger partial charge in [-0.25, -0.2) is 4.98 Å². The van der Waals surface area contributed by atoms with Crippen LogP contribution in [0.5, 0.6) is 5.75 Å². The van der Waals surface area contributed by atoms with Crippen molar-refractivity contribution < 1.29 is 9.90 Å². The highest BCUT2D eigenvalue weighted by atomic mass is 32.1. The Kier molecular flexibility index (Phi) is 3.21. The Balaban J connectivity index is 1.66. The maximum atomic E-state index is 11.9. The predicted molar refractivity (Wildman–Crippen MR) is 74.6 cm³/mol. The molecular weight excluding hydrogens is 260 g/mol. The van der Waals surface area contributed by atoms with E-state index in [0.29, 0.717) is 10.7 Å². The SMILES string of the molecule is O=C(Cc1ccccc1O)Nc1nc2c(s1)CCC2. The second-order valence-corrected chi connectivity index (χ2v) is 5.68. The Morgan fingerprint density at radius 2 is 2.21 bits per heavy atom. The summed E-state index contributed by atoms with van der Waals surface area (Å²) in [5.74, 6) is 0.00760. The minimum absolute atomic E-state index is 0.145. The van der Waals surface area contributed by atoms with Gasteiger partial charge in [0.25, 0.3) is 0 Å². The van der Waals surface area contributed by atoms with Crippen molar-refractivity contribution in [3.8, 4) is 5.75 Å². The predicted octanol–water partition coefficient (Wildman–Crippen LogP) is 2.52. The van der Waals surface area contributed by atoms with Crippen LogP contribution in [0.4, 0.5) is 5.13 Å². The van der Waals surface area contributed by atoms with Gasteiger partial charge in [-0.05, 0) is 25.3 Å². The standard InChI is InChI=1S/C14H14N2O2S/c17-11-6-2-1-4-9(11)8-13(18)16-14-15-10-5-3-7-12(10)19-14/h1-2,4,6,17H,3,5,7-8H2,(H,15,16,18). The summed E-state index contributed by atoms with van der Waals surface area (Å²) in [5.41, 5.74) is 1.76. The molecule has 1 amide bonds. The third-order valence-electron chi connectivity index (χ3n) is 3.18. The summed E-state index contributed by atoms with van der Waals surface area (Å²) in [7, 11) is 0. The minimum atomic E-state index is -0.145. The lowest BCUT2D eigenvalue weighted by Gasteiger charge is -2.04. The molecule has 1 aliphatic carbocycles. The molecule has 4 nitrogen and oxygen atoms in total. The van der Waals surface area contributed by atoms with Gasteiger partial charge in [0, 0.05) is 10.4 Å². The number of hydrogen-bond donors (Lipinski definition) is 2. The first-order valence-corrected chi connectivity index (χ1v) is 7.09. The third-order valence-corrected chi connectivity index (χ3v) is 4.26. The quantitative estimate of drug-likeness (QED) is 0.904. The van der Waals surface area contributed by atoms with Gasteiger partial charge in [-0.2, -0.15) is 0 Å². The van der Waals surface area contributed by atoms with E-state index in [9.17, 15) is 9.90 Å². The lowest BCUT2D eigenvalue weighted by Crippen LogP contribution is -2.14. The zero-order chi connectivity index (χ0) is 13.2. The van der Waals surface area contributed by atoms with Gasteiger partial charge in [-0.1, -0.05) is 18.2 Å². The van der Waals surface area contributed by atoms with E-state index in [0.717, 1.165) is 18.5 Å². The fourth-order valence-corrected chi connectivity index (χ4v) is 3.31. The zero-order valence-corrected chi connectivity index (χ0v) is 11.2. The number of aromatic nitrogens is 1. The molecule has 98 valence electrons. The van der Waals surface area contributed by atoms with Gasteiger partial charge < -0.3 is 10.4 Å². The lowest BCUT2D eigenvalue weighted by atomic mass is 10.1.